The molecular formula is C14H21N3S. The van der Waals surface area contributed by atoms with Gasteiger partial charge >= 0.3 is 0 Å². The van der Waals surface area contributed by atoms with E-state index < -0.39 is 0 Å². The van der Waals surface area contributed by atoms with Gasteiger partial charge in [0, 0.05) is 12.5 Å². The number of nitrogens with zero attached hydrogens (tertiary/aromatic N) is 1. The van der Waals surface area contributed by atoms with E-state index in [1.807, 2.05) is 6.07 Å². The number of hydrazine groups is 1. The molecule has 0 spiro atoms. The van der Waals surface area contributed by atoms with Crippen molar-refractivity contribution < 1.29 is 0 Å². The number of thiazole rings is 1. The second-order valence-electron chi connectivity index (χ2n) is 5.16. The van der Waals surface area contributed by atoms with Gasteiger partial charge in [-0.3, -0.25) is 11.3 Å². The van der Waals surface area contributed by atoms with Gasteiger partial charge in [0.25, 0.3) is 0 Å². The lowest BCUT2D eigenvalue weighted by molar-refractivity contribution is 0.299. The number of nitrogens with one attached hydrogen (secondary N) is 1. The minimum atomic E-state index is 0.283. The molecular weight excluding hydrogens is 242 g/mol. The second-order valence-corrected chi connectivity index (χ2v) is 6.27. The Morgan fingerprint density at radius 3 is 2.61 bits per heavy atom. The van der Waals surface area contributed by atoms with E-state index in [4.69, 9.17) is 5.84 Å². The summed E-state index contributed by atoms with van der Waals surface area (Å²) in [6.07, 6.45) is 0.898. The average Bonchev–Trinajstić information content (AvgIpc) is 2.77. The summed E-state index contributed by atoms with van der Waals surface area (Å²) in [7, 11) is 0. The molecule has 1 aromatic heterocycles. The minimum Gasteiger partial charge on any atom is -0.271 e. The summed E-state index contributed by atoms with van der Waals surface area (Å²) >= 11 is 1.76. The van der Waals surface area contributed by atoms with Crippen LogP contribution in [0.25, 0.3) is 10.2 Å². The predicted octanol–water partition coefficient (Wildman–Crippen LogP) is 2.96. The van der Waals surface area contributed by atoms with Gasteiger partial charge in [-0.15, -0.1) is 11.3 Å². The van der Waals surface area contributed by atoms with Crippen LogP contribution in [0.3, 0.4) is 0 Å². The summed E-state index contributed by atoms with van der Waals surface area (Å²) in [5, 5.41) is 1.16. The molecule has 0 saturated heterocycles. The van der Waals surface area contributed by atoms with E-state index in [1.165, 1.54) is 4.70 Å². The van der Waals surface area contributed by atoms with Crippen molar-refractivity contribution in [3.8, 4) is 0 Å². The largest absolute Gasteiger partial charge is 0.271 e. The summed E-state index contributed by atoms with van der Waals surface area (Å²) in [6, 6.07) is 8.55. The van der Waals surface area contributed by atoms with Gasteiger partial charge in [0.2, 0.25) is 0 Å². The van der Waals surface area contributed by atoms with Gasteiger partial charge < -0.3 is 0 Å². The van der Waals surface area contributed by atoms with Crippen LogP contribution in [-0.4, -0.2) is 11.0 Å². The summed E-state index contributed by atoms with van der Waals surface area (Å²) in [5.41, 5.74) is 4.03. The Morgan fingerprint density at radius 1 is 1.28 bits per heavy atom. The van der Waals surface area contributed by atoms with Crippen molar-refractivity contribution in [2.45, 2.75) is 33.2 Å². The Kier molecular flexibility index (Phi) is 4.32. The highest BCUT2D eigenvalue weighted by atomic mass is 32.1. The van der Waals surface area contributed by atoms with Crippen molar-refractivity contribution in [2.75, 3.05) is 0 Å². The molecule has 0 radical (unpaired) electrons. The zero-order valence-electron chi connectivity index (χ0n) is 11.2. The van der Waals surface area contributed by atoms with Crippen molar-refractivity contribution in [1.82, 2.24) is 10.4 Å². The molecule has 2 aromatic rings. The number of rotatable bonds is 5. The number of nitrogens with two attached hydrogens (primary N) is 1. The van der Waals surface area contributed by atoms with Gasteiger partial charge in [0.05, 0.1) is 15.2 Å². The van der Waals surface area contributed by atoms with Crippen LogP contribution in [0.4, 0.5) is 0 Å². The average molecular weight is 263 g/mol. The summed E-state index contributed by atoms with van der Waals surface area (Å²) in [4.78, 5) is 4.67. The number of hydrogen-bond donors (Lipinski definition) is 2. The van der Waals surface area contributed by atoms with Gasteiger partial charge in [0.1, 0.15) is 0 Å². The fourth-order valence-electron chi connectivity index (χ4n) is 2.06. The van der Waals surface area contributed by atoms with Crippen LogP contribution in [0, 0.1) is 11.8 Å². The Balaban J connectivity index is 2.16. The van der Waals surface area contributed by atoms with E-state index in [1.54, 1.807) is 11.3 Å². The van der Waals surface area contributed by atoms with E-state index in [0.717, 1.165) is 16.9 Å². The van der Waals surface area contributed by atoms with Gasteiger partial charge in [0.15, 0.2) is 0 Å². The Bertz CT molecular complexity index is 473. The first-order valence-electron chi connectivity index (χ1n) is 6.42. The summed E-state index contributed by atoms with van der Waals surface area (Å²) in [6.45, 7) is 6.70. The van der Waals surface area contributed by atoms with E-state index in [0.29, 0.717) is 11.8 Å². The number of hydrogen-bond acceptors (Lipinski definition) is 4. The molecule has 98 valence electrons. The fourth-order valence-corrected chi connectivity index (χ4v) is 3.08. The molecule has 2 atom stereocenters. The third-order valence-electron chi connectivity index (χ3n) is 3.63. The van der Waals surface area contributed by atoms with Crippen molar-refractivity contribution in [3.05, 3.63) is 29.3 Å². The van der Waals surface area contributed by atoms with Gasteiger partial charge in [-0.05, 0) is 24.0 Å². The lowest BCUT2D eigenvalue weighted by Gasteiger charge is -2.25. The Morgan fingerprint density at radius 2 is 2.00 bits per heavy atom. The van der Waals surface area contributed by atoms with E-state index in [2.05, 4.69) is 49.4 Å². The molecule has 2 unspecified atom stereocenters. The maximum atomic E-state index is 5.68. The predicted molar refractivity (Wildman–Crippen MR) is 78.4 cm³/mol. The number of aromatic nitrogens is 1. The van der Waals surface area contributed by atoms with Crippen LogP contribution in [0.1, 0.15) is 25.8 Å². The van der Waals surface area contributed by atoms with Crippen LogP contribution in [0.15, 0.2) is 24.3 Å². The molecule has 18 heavy (non-hydrogen) atoms. The van der Waals surface area contributed by atoms with Crippen LogP contribution < -0.4 is 11.3 Å². The molecule has 2 rings (SSSR count). The Labute approximate surface area is 112 Å². The van der Waals surface area contributed by atoms with Gasteiger partial charge in [-0.2, -0.15) is 0 Å². The molecule has 0 aliphatic rings. The number of fused-ring (bicyclic) bond motifs is 1. The highest BCUT2D eigenvalue weighted by Gasteiger charge is 2.20. The Hall–Kier alpha value is -0.970. The lowest BCUT2D eigenvalue weighted by atomic mass is 9.89. The van der Waals surface area contributed by atoms with Crippen LogP contribution in [-0.2, 0) is 6.42 Å². The third kappa shape index (κ3) is 2.88. The van der Waals surface area contributed by atoms with Gasteiger partial charge in [-0.25, -0.2) is 4.98 Å². The van der Waals surface area contributed by atoms with E-state index in [-0.39, 0.29) is 6.04 Å². The molecule has 0 amide bonds. The molecule has 0 saturated carbocycles. The molecule has 3 N–H and O–H groups in total. The maximum Gasteiger partial charge on any atom is 0.0954 e. The van der Waals surface area contributed by atoms with Crippen molar-refractivity contribution >= 4 is 21.6 Å². The smallest absolute Gasteiger partial charge is 0.0954 e. The summed E-state index contributed by atoms with van der Waals surface area (Å²) in [5.74, 6) is 6.82. The molecule has 3 nitrogen and oxygen atoms in total. The molecule has 1 heterocycles. The first-order chi connectivity index (χ1) is 8.61. The standard InChI is InChI=1S/C14H21N3S/c1-9(2)10(3)12(17-15)8-14-16-11-6-4-5-7-13(11)18-14/h4-7,9-10,12,17H,8,15H2,1-3H3. The topological polar surface area (TPSA) is 50.9 Å². The quantitative estimate of drug-likeness (QED) is 0.644. The maximum absolute atomic E-state index is 5.68. The first-order valence-corrected chi connectivity index (χ1v) is 7.24. The normalized spacial score (nSPS) is 15.2. The number of para-hydroxylation sites is 1. The fraction of sp³-hybridized carbons (Fsp3) is 0.500. The minimum absolute atomic E-state index is 0.283. The van der Waals surface area contributed by atoms with Crippen molar-refractivity contribution in [2.24, 2.45) is 17.7 Å². The SMILES string of the molecule is CC(C)C(C)C(Cc1nc2ccccc2s1)NN. The molecule has 0 bridgehead atoms. The van der Waals surface area contributed by atoms with E-state index in [9.17, 15) is 0 Å². The molecule has 0 aliphatic heterocycles. The third-order valence-corrected chi connectivity index (χ3v) is 4.69. The van der Waals surface area contributed by atoms with Crippen LogP contribution in [0.2, 0.25) is 0 Å². The highest BCUT2D eigenvalue weighted by molar-refractivity contribution is 7.18. The second kappa shape index (κ2) is 5.78. The molecule has 0 fully saturated rings. The first kappa shape index (κ1) is 13.5. The molecule has 1 aromatic carbocycles. The zero-order valence-corrected chi connectivity index (χ0v) is 12.0. The van der Waals surface area contributed by atoms with Gasteiger partial charge in [-0.1, -0.05) is 32.9 Å². The van der Waals surface area contributed by atoms with E-state index >= 15 is 0 Å². The molecule has 0 aliphatic carbocycles. The monoisotopic (exact) mass is 263 g/mol. The van der Waals surface area contributed by atoms with Crippen molar-refractivity contribution in [1.29, 1.82) is 0 Å². The zero-order chi connectivity index (χ0) is 13.1. The number of benzene rings is 1. The molecule has 4 heteroatoms. The van der Waals surface area contributed by atoms with Crippen LogP contribution >= 0.6 is 11.3 Å². The highest BCUT2D eigenvalue weighted by Crippen LogP contribution is 2.25. The van der Waals surface area contributed by atoms with Crippen molar-refractivity contribution in [3.63, 3.8) is 0 Å². The van der Waals surface area contributed by atoms with Crippen LogP contribution in [0.5, 0.6) is 0 Å². The lowest BCUT2D eigenvalue weighted by Crippen LogP contribution is -2.43. The summed E-state index contributed by atoms with van der Waals surface area (Å²) < 4.78 is 1.25.